The molecule has 0 saturated carbocycles. The van der Waals surface area contributed by atoms with Crippen molar-refractivity contribution in [3.8, 4) is 28.3 Å². The highest BCUT2D eigenvalue weighted by Gasteiger charge is 2.21. The summed E-state index contributed by atoms with van der Waals surface area (Å²) in [5, 5.41) is 8.96. The molecule has 0 saturated heterocycles. The number of ether oxygens (including phenoxy) is 1. The Hall–Kier alpha value is -2.24. The molecule has 0 fully saturated rings. The van der Waals surface area contributed by atoms with Gasteiger partial charge in [0.25, 0.3) is 0 Å². The number of rotatable bonds is 3. The van der Waals surface area contributed by atoms with Crippen LogP contribution in [0, 0.1) is 12.7 Å². The van der Waals surface area contributed by atoms with Crippen LogP contribution in [0.1, 0.15) is 5.69 Å². The van der Waals surface area contributed by atoms with Gasteiger partial charge in [-0.1, -0.05) is 35.3 Å². The molecule has 3 rings (SSSR count). The van der Waals surface area contributed by atoms with Gasteiger partial charge >= 0.3 is 0 Å². The molecule has 0 atom stereocenters. The van der Waals surface area contributed by atoms with Gasteiger partial charge in [0.05, 0.1) is 34.1 Å². The number of hydrogen-bond acceptors (Lipinski definition) is 4. The maximum Gasteiger partial charge on any atom is 0.243 e. The average molecular weight is 364 g/mol. The van der Waals surface area contributed by atoms with E-state index in [0.29, 0.717) is 27.0 Å². The minimum atomic E-state index is -0.324. The Bertz CT molecular complexity index is 901. The molecule has 3 aromatic rings. The predicted molar refractivity (Wildman–Crippen MR) is 92.0 cm³/mol. The minimum absolute atomic E-state index is 0.275. The van der Waals surface area contributed by atoms with Crippen LogP contribution >= 0.6 is 23.2 Å². The Labute approximate surface area is 148 Å². The van der Waals surface area contributed by atoms with Crippen molar-refractivity contribution in [2.75, 3.05) is 7.11 Å². The summed E-state index contributed by atoms with van der Waals surface area (Å²) in [4.78, 5) is 4.32. The van der Waals surface area contributed by atoms with Crippen LogP contribution in [-0.4, -0.2) is 22.3 Å². The maximum atomic E-state index is 13.3. The van der Waals surface area contributed by atoms with Crippen LogP contribution in [0.5, 0.6) is 5.88 Å². The van der Waals surface area contributed by atoms with Crippen molar-refractivity contribution >= 4 is 23.2 Å². The lowest BCUT2D eigenvalue weighted by Gasteiger charge is -2.15. The summed E-state index contributed by atoms with van der Waals surface area (Å²) in [5.74, 6) is -0.0498. The zero-order chi connectivity index (χ0) is 17.3. The third-order valence-corrected chi connectivity index (χ3v) is 3.98. The number of hydrogen-bond donors (Lipinski definition) is 0. The molecular weight excluding hydrogens is 352 g/mol. The van der Waals surface area contributed by atoms with Gasteiger partial charge in [0, 0.05) is 11.8 Å². The van der Waals surface area contributed by atoms with Crippen LogP contribution in [0.25, 0.3) is 22.4 Å². The molecule has 0 N–H and O–H groups in total. The third kappa shape index (κ3) is 3.05. The van der Waals surface area contributed by atoms with Gasteiger partial charge in [-0.2, -0.15) is 5.10 Å². The summed E-state index contributed by atoms with van der Waals surface area (Å²) in [6.07, 6.45) is 1.49. The summed E-state index contributed by atoms with van der Waals surface area (Å²) in [6, 6.07) is 7.66. The molecule has 24 heavy (non-hydrogen) atoms. The van der Waals surface area contributed by atoms with E-state index in [4.69, 9.17) is 27.9 Å². The van der Waals surface area contributed by atoms with Crippen LogP contribution in [0.15, 0.2) is 36.5 Å². The third-order valence-electron chi connectivity index (χ3n) is 3.49. The lowest BCUT2D eigenvalue weighted by atomic mass is 9.97. The van der Waals surface area contributed by atoms with Crippen LogP contribution in [0.3, 0.4) is 0 Å². The van der Waals surface area contributed by atoms with E-state index in [0.717, 1.165) is 11.1 Å². The number of pyridine rings is 1. The molecule has 1 aromatic carbocycles. The predicted octanol–water partition coefficient (Wildman–Crippen LogP) is 4.97. The van der Waals surface area contributed by atoms with Crippen LogP contribution in [0.2, 0.25) is 10.0 Å². The van der Waals surface area contributed by atoms with Crippen molar-refractivity contribution in [1.29, 1.82) is 0 Å². The smallest absolute Gasteiger partial charge is 0.243 e. The average Bonchev–Trinajstić information content (AvgIpc) is 2.56. The van der Waals surface area contributed by atoms with E-state index in [-0.39, 0.29) is 11.7 Å². The first kappa shape index (κ1) is 16.6. The molecule has 2 heterocycles. The molecule has 0 amide bonds. The van der Waals surface area contributed by atoms with E-state index >= 15 is 0 Å². The summed E-state index contributed by atoms with van der Waals surface area (Å²) in [7, 11) is 1.49. The quantitative estimate of drug-likeness (QED) is 0.659. The normalized spacial score (nSPS) is 10.7. The lowest BCUT2D eigenvalue weighted by Crippen LogP contribution is -2.02. The Morgan fingerprint density at radius 1 is 1.04 bits per heavy atom. The molecule has 4 nitrogen and oxygen atoms in total. The Kier molecular flexibility index (Phi) is 4.64. The van der Waals surface area contributed by atoms with E-state index in [2.05, 4.69) is 15.2 Å². The van der Waals surface area contributed by atoms with Crippen molar-refractivity contribution in [1.82, 2.24) is 15.2 Å². The van der Waals surface area contributed by atoms with Crippen LogP contribution in [0.4, 0.5) is 4.39 Å². The number of aryl methyl sites for hydroxylation is 1. The molecule has 7 heteroatoms. The summed E-state index contributed by atoms with van der Waals surface area (Å²) in [5.41, 5.74) is 3.17. The molecule has 0 unspecified atom stereocenters. The molecule has 0 spiro atoms. The fraction of sp³-hybridized carbons (Fsp3) is 0.118. The van der Waals surface area contributed by atoms with E-state index in [9.17, 15) is 4.39 Å². The number of aromatic nitrogens is 3. The first-order valence-corrected chi connectivity index (χ1v) is 7.75. The van der Waals surface area contributed by atoms with E-state index in [1.54, 1.807) is 25.1 Å². The number of nitrogens with zero attached hydrogens (tertiary/aromatic N) is 3. The van der Waals surface area contributed by atoms with Gasteiger partial charge < -0.3 is 4.74 Å². The van der Waals surface area contributed by atoms with Gasteiger partial charge in [-0.15, -0.1) is 5.10 Å². The number of halogens is 3. The van der Waals surface area contributed by atoms with Gasteiger partial charge in [0.15, 0.2) is 0 Å². The van der Waals surface area contributed by atoms with Crippen LogP contribution < -0.4 is 4.74 Å². The Morgan fingerprint density at radius 3 is 2.38 bits per heavy atom. The number of benzene rings is 1. The zero-order valence-electron chi connectivity index (χ0n) is 12.8. The van der Waals surface area contributed by atoms with Crippen molar-refractivity contribution in [2.45, 2.75) is 6.92 Å². The Balaban J connectivity index is 2.34. The number of methoxy groups -OCH3 is 1. The van der Waals surface area contributed by atoms with Crippen molar-refractivity contribution in [2.24, 2.45) is 0 Å². The fourth-order valence-electron chi connectivity index (χ4n) is 2.44. The molecule has 2 aromatic heterocycles. The monoisotopic (exact) mass is 363 g/mol. The van der Waals surface area contributed by atoms with Crippen molar-refractivity contribution in [3.05, 3.63) is 58.1 Å². The van der Waals surface area contributed by atoms with Gasteiger partial charge in [-0.05, 0) is 30.7 Å². The molecule has 0 aliphatic carbocycles. The molecule has 0 aliphatic heterocycles. The molecule has 0 radical (unpaired) electrons. The van der Waals surface area contributed by atoms with E-state index < -0.39 is 0 Å². The fourth-order valence-corrected chi connectivity index (χ4v) is 2.91. The minimum Gasteiger partial charge on any atom is -0.479 e. The Morgan fingerprint density at radius 2 is 1.75 bits per heavy atom. The second-order valence-corrected chi connectivity index (χ2v) is 5.88. The highest BCUT2D eigenvalue weighted by atomic mass is 35.5. The van der Waals surface area contributed by atoms with E-state index in [1.807, 2.05) is 0 Å². The van der Waals surface area contributed by atoms with Gasteiger partial charge in [0.1, 0.15) is 5.82 Å². The van der Waals surface area contributed by atoms with Crippen molar-refractivity contribution < 1.29 is 9.13 Å². The maximum absolute atomic E-state index is 13.3. The van der Waals surface area contributed by atoms with Gasteiger partial charge in [0.2, 0.25) is 5.88 Å². The molecule has 122 valence electrons. The van der Waals surface area contributed by atoms with Crippen molar-refractivity contribution in [3.63, 3.8) is 0 Å². The highest BCUT2D eigenvalue weighted by Crippen LogP contribution is 2.41. The molecular formula is C17H12Cl2FN3O. The largest absolute Gasteiger partial charge is 0.479 e. The standard InChI is InChI=1S/C17H12Cl2FN3O/c1-9-14(10-3-5-12(20)6-4-10)15(17(24-2)23-22-9)16-13(19)7-11(18)8-21-16/h3-8H,1-2H3. The van der Waals surface area contributed by atoms with Gasteiger partial charge in [-0.25, -0.2) is 4.39 Å². The summed E-state index contributed by atoms with van der Waals surface area (Å²) < 4.78 is 18.6. The van der Waals surface area contributed by atoms with E-state index in [1.165, 1.54) is 25.4 Å². The second kappa shape index (κ2) is 6.71. The second-order valence-electron chi connectivity index (χ2n) is 5.04. The SMILES string of the molecule is COc1nnc(C)c(-c2ccc(F)cc2)c1-c1ncc(Cl)cc1Cl. The molecule has 0 bridgehead atoms. The summed E-state index contributed by atoms with van der Waals surface area (Å²) in [6.45, 7) is 1.80. The summed E-state index contributed by atoms with van der Waals surface area (Å²) >= 11 is 12.3. The van der Waals surface area contributed by atoms with Gasteiger partial charge in [-0.3, -0.25) is 4.98 Å². The highest BCUT2D eigenvalue weighted by molar-refractivity contribution is 6.36. The topological polar surface area (TPSA) is 47.9 Å². The lowest BCUT2D eigenvalue weighted by molar-refractivity contribution is 0.393. The molecule has 0 aliphatic rings. The van der Waals surface area contributed by atoms with Crippen LogP contribution in [-0.2, 0) is 0 Å². The first-order valence-electron chi connectivity index (χ1n) is 7.00. The zero-order valence-corrected chi connectivity index (χ0v) is 14.4. The first-order chi connectivity index (χ1) is 11.5.